The maximum Gasteiger partial charge on any atom is 0.324 e. The van der Waals surface area contributed by atoms with Crippen LogP contribution >= 0.6 is 11.3 Å². The Hall–Kier alpha value is -0.980. The Morgan fingerprint density at radius 1 is 1.32 bits per heavy atom. The molecule has 1 saturated heterocycles. The Bertz CT molecular complexity index is 400. The van der Waals surface area contributed by atoms with Gasteiger partial charge in [-0.05, 0) is 31.5 Å². The predicted octanol–water partition coefficient (Wildman–Crippen LogP) is 2.62. The lowest BCUT2D eigenvalue weighted by atomic mass is 10.2. The topological polar surface area (TPSA) is 58.4 Å². The van der Waals surface area contributed by atoms with Gasteiger partial charge >= 0.3 is 5.00 Å². The molecular formula is C13H21N3O2S. The van der Waals surface area contributed by atoms with Gasteiger partial charge < -0.3 is 10.2 Å². The second-order valence-corrected chi connectivity index (χ2v) is 5.87. The zero-order valence-electron chi connectivity index (χ0n) is 11.1. The van der Waals surface area contributed by atoms with Crippen molar-refractivity contribution in [3.8, 4) is 0 Å². The minimum Gasteiger partial charge on any atom is -0.311 e. The first kappa shape index (κ1) is 14.4. The molecule has 1 aromatic rings. The summed E-state index contributed by atoms with van der Waals surface area (Å²) >= 11 is 1.20. The average molecular weight is 283 g/mol. The van der Waals surface area contributed by atoms with Crippen molar-refractivity contribution in [2.24, 2.45) is 0 Å². The van der Waals surface area contributed by atoms with Crippen molar-refractivity contribution >= 4 is 16.3 Å². The fourth-order valence-corrected chi connectivity index (χ4v) is 3.11. The molecule has 0 radical (unpaired) electrons. The maximum atomic E-state index is 10.6. The second kappa shape index (κ2) is 7.57. The van der Waals surface area contributed by atoms with E-state index in [2.05, 4.69) is 10.2 Å². The van der Waals surface area contributed by atoms with E-state index in [1.165, 1.54) is 50.1 Å². The van der Waals surface area contributed by atoms with E-state index >= 15 is 0 Å². The van der Waals surface area contributed by atoms with Gasteiger partial charge in [-0.1, -0.05) is 24.2 Å². The lowest BCUT2D eigenvalue weighted by molar-refractivity contribution is -0.380. The summed E-state index contributed by atoms with van der Waals surface area (Å²) in [5.74, 6) is 0. The van der Waals surface area contributed by atoms with Crippen molar-refractivity contribution in [1.29, 1.82) is 0 Å². The summed E-state index contributed by atoms with van der Waals surface area (Å²) < 4.78 is 0. The van der Waals surface area contributed by atoms with Crippen LogP contribution in [0, 0.1) is 10.1 Å². The Balaban J connectivity index is 1.64. The van der Waals surface area contributed by atoms with Gasteiger partial charge in [-0.25, -0.2) is 0 Å². The monoisotopic (exact) mass is 283 g/mol. The molecule has 0 unspecified atom stereocenters. The Morgan fingerprint density at radius 2 is 2.05 bits per heavy atom. The van der Waals surface area contributed by atoms with Gasteiger partial charge in [0, 0.05) is 31.1 Å². The average Bonchev–Trinajstić information content (AvgIpc) is 2.72. The lowest BCUT2D eigenvalue weighted by Gasteiger charge is -2.19. The van der Waals surface area contributed by atoms with Crippen LogP contribution in [0.4, 0.5) is 5.00 Å². The molecule has 6 heteroatoms. The highest BCUT2D eigenvalue weighted by Gasteiger charge is 2.10. The van der Waals surface area contributed by atoms with Crippen LogP contribution in [0.3, 0.4) is 0 Å². The van der Waals surface area contributed by atoms with Crippen LogP contribution in [-0.4, -0.2) is 36.0 Å². The second-order valence-electron chi connectivity index (χ2n) is 4.98. The van der Waals surface area contributed by atoms with E-state index in [9.17, 15) is 10.1 Å². The van der Waals surface area contributed by atoms with E-state index in [-0.39, 0.29) is 9.92 Å². The Kier molecular flexibility index (Phi) is 5.75. The molecule has 2 rings (SSSR count). The molecule has 1 aliphatic heterocycles. The molecule has 19 heavy (non-hydrogen) atoms. The van der Waals surface area contributed by atoms with E-state index in [0.717, 1.165) is 25.2 Å². The van der Waals surface area contributed by atoms with E-state index in [0.29, 0.717) is 0 Å². The summed E-state index contributed by atoms with van der Waals surface area (Å²) in [5.41, 5.74) is 1.01. The first-order chi connectivity index (χ1) is 9.25. The summed E-state index contributed by atoms with van der Waals surface area (Å²) in [5, 5.41) is 16.0. The minimum absolute atomic E-state index is 0.226. The van der Waals surface area contributed by atoms with Crippen LogP contribution in [0.1, 0.15) is 31.2 Å². The molecule has 106 valence electrons. The number of thiophene rings is 1. The van der Waals surface area contributed by atoms with Gasteiger partial charge in [0.1, 0.15) is 0 Å². The van der Waals surface area contributed by atoms with Crippen molar-refractivity contribution in [1.82, 2.24) is 10.2 Å². The van der Waals surface area contributed by atoms with Crippen LogP contribution < -0.4 is 5.32 Å². The molecule has 0 atom stereocenters. The molecular weight excluding hydrogens is 262 g/mol. The van der Waals surface area contributed by atoms with Crippen LogP contribution in [-0.2, 0) is 6.54 Å². The first-order valence-corrected chi connectivity index (χ1v) is 7.78. The lowest BCUT2D eigenvalue weighted by Crippen LogP contribution is -2.32. The van der Waals surface area contributed by atoms with E-state index in [4.69, 9.17) is 0 Å². The highest BCUT2D eigenvalue weighted by molar-refractivity contribution is 7.13. The standard InChI is InChI=1S/C13H21N3O2S/c17-16(18)13-9-12(11-19-13)10-14-5-8-15-6-3-1-2-4-7-15/h9,11,14H,1-8,10H2. The number of nitrogens with one attached hydrogen (secondary N) is 1. The summed E-state index contributed by atoms with van der Waals surface area (Å²) in [7, 11) is 0. The van der Waals surface area contributed by atoms with E-state index < -0.39 is 0 Å². The molecule has 0 aliphatic carbocycles. The van der Waals surface area contributed by atoms with Crippen LogP contribution in [0.5, 0.6) is 0 Å². The Morgan fingerprint density at radius 3 is 2.68 bits per heavy atom. The van der Waals surface area contributed by atoms with Gasteiger partial charge in [-0.3, -0.25) is 10.1 Å². The van der Waals surface area contributed by atoms with Gasteiger partial charge in [0.05, 0.1) is 4.92 Å². The van der Waals surface area contributed by atoms with Gasteiger partial charge in [0.25, 0.3) is 0 Å². The summed E-state index contributed by atoms with van der Waals surface area (Å²) in [6.07, 6.45) is 5.36. The van der Waals surface area contributed by atoms with Crippen LogP contribution in [0.15, 0.2) is 11.4 Å². The third-order valence-corrected chi connectivity index (χ3v) is 4.38. The molecule has 5 nitrogen and oxygen atoms in total. The van der Waals surface area contributed by atoms with E-state index in [1.54, 1.807) is 6.07 Å². The molecule has 0 spiro atoms. The number of nitrogens with zero attached hydrogens (tertiary/aromatic N) is 2. The van der Waals surface area contributed by atoms with E-state index in [1.807, 2.05) is 5.38 Å². The molecule has 0 saturated carbocycles. The molecule has 2 heterocycles. The number of nitro groups is 1. The fraction of sp³-hybridized carbons (Fsp3) is 0.692. The number of rotatable bonds is 6. The molecule has 1 aromatic heterocycles. The summed E-state index contributed by atoms with van der Waals surface area (Å²) in [4.78, 5) is 12.8. The number of hydrogen-bond acceptors (Lipinski definition) is 5. The zero-order chi connectivity index (χ0) is 13.5. The normalized spacial score (nSPS) is 17.3. The van der Waals surface area contributed by atoms with Gasteiger partial charge in [0.2, 0.25) is 0 Å². The molecule has 1 fully saturated rings. The van der Waals surface area contributed by atoms with Crippen molar-refractivity contribution in [2.45, 2.75) is 32.2 Å². The Labute approximate surface area is 117 Å². The quantitative estimate of drug-likeness (QED) is 0.495. The third kappa shape index (κ3) is 4.89. The van der Waals surface area contributed by atoms with Crippen molar-refractivity contribution in [2.75, 3.05) is 26.2 Å². The number of likely N-dealkylation sites (tertiary alicyclic amines) is 1. The SMILES string of the molecule is O=[N+]([O-])c1cc(CNCCN2CCCCCC2)cs1. The first-order valence-electron chi connectivity index (χ1n) is 6.90. The molecule has 1 N–H and O–H groups in total. The summed E-state index contributed by atoms with van der Waals surface area (Å²) in [6, 6.07) is 1.66. The number of hydrogen-bond donors (Lipinski definition) is 1. The molecule has 0 bridgehead atoms. The highest BCUT2D eigenvalue weighted by atomic mass is 32.1. The molecule has 0 aromatic carbocycles. The van der Waals surface area contributed by atoms with Crippen LogP contribution in [0.2, 0.25) is 0 Å². The molecule has 0 amide bonds. The zero-order valence-corrected chi connectivity index (χ0v) is 12.0. The van der Waals surface area contributed by atoms with Gasteiger partial charge in [-0.15, -0.1) is 0 Å². The van der Waals surface area contributed by atoms with Gasteiger partial charge in [-0.2, -0.15) is 0 Å². The molecule has 1 aliphatic rings. The highest BCUT2D eigenvalue weighted by Crippen LogP contribution is 2.22. The largest absolute Gasteiger partial charge is 0.324 e. The van der Waals surface area contributed by atoms with Crippen molar-refractivity contribution < 1.29 is 4.92 Å². The van der Waals surface area contributed by atoms with Gasteiger partial charge in [0.15, 0.2) is 0 Å². The minimum atomic E-state index is -0.328. The fourth-order valence-electron chi connectivity index (χ4n) is 2.38. The third-order valence-electron chi connectivity index (χ3n) is 3.45. The van der Waals surface area contributed by atoms with Crippen LogP contribution in [0.25, 0.3) is 0 Å². The maximum absolute atomic E-state index is 10.6. The van der Waals surface area contributed by atoms with Crippen molar-refractivity contribution in [3.63, 3.8) is 0 Å². The smallest absolute Gasteiger partial charge is 0.311 e. The van der Waals surface area contributed by atoms with Crippen molar-refractivity contribution in [3.05, 3.63) is 27.1 Å². The summed E-state index contributed by atoms with van der Waals surface area (Å²) in [6.45, 7) is 5.17. The predicted molar refractivity (Wildman–Crippen MR) is 77.6 cm³/mol.